The Morgan fingerprint density at radius 2 is 1.76 bits per heavy atom. The molecule has 0 atom stereocenters. The lowest BCUT2D eigenvalue weighted by molar-refractivity contribution is 0.0518. The van der Waals surface area contributed by atoms with E-state index in [1.54, 1.807) is 35.9 Å². The number of carbonyl (C=O) groups excluding carboxylic acids is 2. The van der Waals surface area contributed by atoms with Crippen LogP contribution in [0, 0.1) is 18.6 Å². The van der Waals surface area contributed by atoms with E-state index in [4.69, 9.17) is 4.74 Å². The quantitative estimate of drug-likeness (QED) is 0.382. The van der Waals surface area contributed by atoms with Crippen molar-refractivity contribution >= 4 is 17.6 Å². The van der Waals surface area contributed by atoms with Gasteiger partial charge < -0.3 is 10.1 Å². The first-order valence-electron chi connectivity index (χ1n) is 10.6. The Balaban J connectivity index is 1.72. The largest absolute Gasteiger partial charge is 0.461 e. The summed E-state index contributed by atoms with van der Waals surface area (Å²) >= 11 is 0. The Bertz CT molecular complexity index is 1380. The number of nitrogens with zero attached hydrogens (tertiary/aromatic N) is 2. The van der Waals surface area contributed by atoms with Gasteiger partial charge in [-0.3, -0.25) is 4.79 Å². The summed E-state index contributed by atoms with van der Waals surface area (Å²) in [5.41, 5.74) is 3.59. The number of hydrogen-bond acceptors (Lipinski definition) is 4. The molecule has 0 saturated carbocycles. The molecule has 0 bridgehead atoms. The lowest BCUT2D eigenvalue weighted by Crippen LogP contribution is -2.12. The molecule has 0 fully saturated rings. The van der Waals surface area contributed by atoms with Crippen LogP contribution < -0.4 is 5.32 Å². The number of aromatic nitrogens is 2. The van der Waals surface area contributed by atoms with E-state index in [1.807, 2.05) is 37.3 Å². The van der Waals surface area contributed by atoms with Gasteiger partial charge in [0.15, 0.2) is 17.3 Å². The number of rotatable bonds is 6. The summed E-state index contributed by atoms with van der Waals surface area (Å²) in [5.74, 6) is -3.26. The fourth-order valence-corrected chi connectivity index (χ4v) is 3.47. The van der Waals surface area contributed by atoms with Gasteiger partial charge in [0.05, 0.1) is 18.0 Å². The monoisotopic (exact) mass is 461 g/mol. The van der Waals surface area contributed by atoms with Gasteiger partial charge in [-0.25, -0.2) is 18.3 Å². The fourth-order valence-electron chi connectivity index (χ4n) is 3.47. The first-order valence-corrected chi connectivity index (χ1v) is 10.6. The van der Waals surface area contributed by atoms with Gasteiger partial charge in [-0.05, 0) is 61.9 Å². The summed E-state index contributed by atoms with van der Waals surface area (Å²) in [6.07, 6.45) is 0. The Morgan fingerprint density at radius 3 is 2.50 bits per heavy atom. The maximum atomic E-state index is 13.5. The number of amides is 1. The molecule has 1 heterocycles. The fraction of sp³-hybridized carbons (Fsp3) is 0.115. The minimum absolute atomic E-state index is 0.0150. The molecule has 172 valence electrons. The van der Waals surface area contributed by atoms with Crippen LogP contribution in [-0.4, -0.2) is 28.3 Å². The molecule has 4 aromatic rings. The predicted octanol–water partition coefficient (Wildman–Crippen LogP) is 5.55. The molecule has 1 N–H and O–H groups in total. The normalized spacial score (nSPS) is 10.7. The highest BCUT2D eigenvalue weighted by molar-refractivity contribution is 6.04. The lowest BCUT2D eigenvalue weighted by Gasteiger charge is -2.12. The van der Waals surface area contributed by atoms with Crippen molar-refractivity contribution < 1.29 is 23.1 Å². The van der Waals surface area contributed by atoms with Crippen LogP contribution >= 0.6 is 0 Å². The predicted molar refractivity (Wildman–Crippen MR) is 124 cm³/mol. The van der Waals surface area contributed by atoms with Crippen molar-refractivity contribution in [3.05, 3.63) is 101 Å². The maximum absolute atomic E-state index is 13.5. The second-order valence-corrected chi connectivity index (χ2v) is 7.50. The first-order chi connectivity index (χ1) is 16.4. The number of halogens is 2. The molecule has 8 heteroatoms. The summed E-state index contributed by atoms with van der Waals surface area (Å²) in [4.78, 5) is 24.9. The molecule has 0 aliphatic carbocycles. The minimum atomic E-state index is -1.10. The second-order valence-electron chi connectivity index (χ2n) is 7.50. The number of esters is 1. The number of aryl methyl sites for hydroxylation is 1. The van der Waals surface area contributed by atoms with Gasteiger partial charge >= 0.3 is 5.97 Å². The van der Waals surface area contributed by atoms with Gasteiger partial charge in [-0.15, -0.1) is 0 Å². The molecular formula is C26H21F2N3O3. The van der Waals surface area contributed by atoms with Gasteiger partial charge in [0.2, 0.25) is 0 Å². The number of ether oxygens (including phenoxy) is 1. The lowest BCUT2D eigenvalue weighted by atomic mass is 10.1. The van der Waals surface area contributed by atoms with Crippen molar-refractivity contribution in [2.45, 2.75) is 13.8 Å². The smallest absolute Gasteiger partial charge is 0.358 e. The van der Waals surface area contributed by atoms with Gasteiger partial charge in [-0.1, -0.05) is 30.3 Å². The molecule has 0 aliphatic rings. The molecular weight excluding hydrogens is 440 g/mol. The van der Waals surface area contributed by atoms with Gasteiger partial charge in [0.1, 0.15) is 0 Å². The highest BCUT2D eigenvalue weighted by Crippen LogP contribution is 2.28. The van der Waals surface area contributed by atoms with Crippen LogP contribution in [0.2, 0.25) is 0 Å². The topological polar surface area (TPSA) is 73.2 Å². The van der Waals surface area contributed by atoms with E-state index in [0.717, 1.165) is 23.4 Å². The van der Waals surface area contributed by atoms with Crippen molar-refractivity contribution in [3.63, 3.8) is 0 Å². The average molecular weight is 461 g/mol. The standard InChI is InChI=1S/C26H21F2N3O3/c1-3-34-26(33)22-15-24(31(30-22)23-10-5-4-7-16(23)2)17-8-6-9-19(13-17)29-25(32)18-11-12-20(27)21(28)14-18/h4-15H,3H2,1-2H3,(H,29,32). The third kappa shape index (κ3) is 4.71. The van der Waals surface area contributed by atoms with E-state index < -0.39 is 23.5 Å². The van der Waals surface area contributed by atoms with E-state index in [1.165, 1.54) is 6.07 Å². The number of benzene rings is 3. The third-order valence-electron chi connectivity index (χ3n) is 5.14. The van der Waals surface area contributed by atoms with Crippen molar-refractivity contribution in [2.24, 2.45) is 0 Å². The SMILES string of the molecule is CCOC(=O)c1cc(-c2cccc(NC(=O)c3ccc(F)c(F)c3)c2)n(-c2ccccc2C)n1. The van der Waals surface area contributed by atoms with E-state index in [2.05, 4.69) is 10.4 Å². The van der Waals surface area contributed by atoms with Gasteiger partial charge in [0, 0.05) is 16.8 Å². The van der Waals surface area contributed by atoms with Crippen LogP contribution in [0.1, 0.15) is 33.3 Å². The number of para-hydroxylation sites is 1. The molecule has 0 aliphatic heterocycles. The zero-order chi connectivity index (χ0) is 24.2. The Kier molecular flexibility index (Phi) is 6.49. The molecule has 6 nitrogen and oxygen atoms in total. The van der Waals surface area contributed by atoms with Crippen LogP contribution in [0.25, 0.3) is 16.9 Å². The summed E-state index contributed by atoms with van der Waals surface area (Å²) in [6.45, 7) is 3.87. The van der Waals surface area contributed by atoms with E-state index in [0.29, 0.717) is 16.9 Å². The molecule has 3 aromatic carbocycles. The van der Waals surface area contributed by atoms with Gasteiger partial charge in [-0.2, -0.15) is 5.10 Å². The van der Waals surface area contributed by atoms with Crippen LogP contribution in [-0.2, 0) is 4.74 Å². The molecule has 1 amide bonds. The number of nitrogens with one attached hydrogen (secondary N) is 1. The summed E-state index contributed by atoms with van der Waals surface area (Å²) in [6, 6.07) is 19.1. The van der Waals surface area contributed by atoms with Crippen molar-refractivity contribution in [1.29, 1.82) is 0 Å². The Morgan fingerprint density at radius 1 is 0.971 bits per heavy atom. The number of carbonyl (C=O) groups is 2. The van der Waals surface area contributed by atoms with Crippen molar-refractivity contribution in [2.75, 3.05) is 11.9 Å². The molecule has 0 spiro atoms. The Hall–Kier alpha value is -4.33. The molecule has 1 aromatic heterocycles. The van der Waals surface area contributed by atoms with Crippen LogP contribution in [0.15, 0.2) is 72.8 Å². The highest BCUT2D eigenvalue weighted by Gasteiger charge is 2.19. The third-order valence-corrected chi connectivity index (χ3v) is 5.14. The van der Waals surface area contributed by atoms with Crippen LogP contribution in [0.5, 0.6) is 0 Å². The maximum Gasteiger partial charge on any atom is 0.358 e. The number of hydrogen-bond donors (Lipinski definition) is 1. The van der Waals surface area contributed by atoms with Crippen LogP contribution in [0.3, 0.4) is 0 Å². The van der Waals surface area contributed by atoms with Gasteiger partial charge in [0.25, 0.3) is 5.91 Å². The summed E-state index contributed by atoms with van der Waals surface area (Å²) in [5, 5.41) is 7.16. The summed E-state index contributed by atoms with van der Waals surface area (Å²) in [7, 11) is 0. The average Bonchev–Trinajstić information content (AvgIpc) is 3.27. The van der Waals surface area contributed by atoms with Crippen molar-refractivity contribution in [1.82, 2.24) is 9.78 Å². The number of anilines is 1. The molecule has 4 rings (SSSR count). The zero-order valence-electron chi connectivity index (χ0n) is 18.5. The molecule has 0 unspecified atom stereocenters. The molecule has 34 heavy (non-hydrogen) atoms. The molecule has 0 saturated heterocycles. The van der Waals surface area contributed by atoms with E-state index >= 15 is 0 Å². The molecule has 0 radical (unpaired) electrons. The van der Waals surface area contributed by atoms with Crippen molar-refractivity contribution in [3.8, 4) is 16.9 Å². The Labute approximate surface area is 194 Å². The first kappa shape index (κ1) is 22.8. The van der Waals surface area contributed by atoms with E-state index in [9.17, 15) is 18.4 Å². The van der Waals surface area contributed by atoms with E-state index in [-0.39, 0.29) is 17.9 Å². The van der Waals surface area contributed by atoms with Crippen LogP contribution in [0.4, 0.5) is 14.5 Å². The highest BCUT2D eigenvalue weighted by atomic mass is 19.2. The summed E-state index contributed by atoms with van der Waals surface area (Å²) < 4.78 is 33.5. The zero-order valence-corrected chi connectivity index (χ0v) is 18.5. The second kappa shape index (κ2) is 9.66. The minimum Gasteiger partial charge on any atom is -0.461 e.